The topological polar surface area (TPSA) is 68.4 Å². The SMILES string of the molecule is COc1ccc(-c2nc(C(F)(F)F)no2)cc1O. The maximum absolute atomic E-state index is 12.3. The number of aromatic nitrogens is 2. The minimum Gasteiger partial charge on any atom is -0.504 e. The van der Waals surface area contributed by atoms with E-state index in [1.165, 1.54) is 25.3 Å². The normalized spacial score (nSPS) is 11.6. The molecular formula is C10H7F3N2O3. The quantitative estimate of drug-likeness (QED) is 0.898. The smallest absolute Gasteiger partial charge is 0.455 e. The van der Waals surface area contributed by atoms with Crippen LogP contribution in [0.1, 0.15) is 5.82 Å². The van der Waals surface area contributed by atoms with Crippen molar-refractivity contribution in [3.63, 3.8) is 0 Å². The molecule has 0 aliphatic carbocycles. The number of phenolic OH excluding ortho intramolecular Hbond substituents is 1. The van der Waals surface area contributed by atoms with Crippen molar-refractivity contribution in [3.05, 3.63) is 24.0 Å². The maximum atomic E-state index is 12.3. The van der Waals surface area contributed by atoms with Crippen LogP contribution >= 0.6 is 0 Å². The average molecular weight is 260 g/mol. The molecule has 1 N–H and O–H groups in total. The fraction of sp³-hybridized carbons (Fsp3) is 0.200. The Morgan fingerprint density at radius 1 is 1.33 bits per heavy atom. The predicted molar refractivity (Wildman–Crippen MR) is 53.0 cm³/mol. The van der Waals surface area contributed by atoms with Gasteiger partial charge in [-0.15, -0.1) is 0 Å². The molecule has 0 radical (unpaired) electrons. The van der Waals surface area contributed by atoms with Crippen LogP contribution in [-0.2, 0) is 6.18 Å². The van der Waals surface area contributed by atoms with E-state index >= 15 is 0 Å². The summed E-state index contributed by atoms with van der Waals surface area (Å²) in [4.78, 5) is 3.19. The van der Waals surface area contributed by atoms with Gasteiger partial charge in [-0.1, -0.05) is 5.16 Å². The number of hydrogen-bond acceptors (Lipinski definition) is 5. The van der Waals surface area contributed by atoms with Gasteiger partial charge in [-0.3, -0.25) is 0 Å². The van der Waals surface area contributed by atoms with E-state index in [1.807, 2.05) is 0 Å². The highest BCUT2D eigenvalue weighted by Crippen LogP contribution is 2.32. The summed E-state index contributed by atoms with van der Waals surface area (Å²) in [5.41, 5.74) is 0.163. The molecule has 1 aromatic carbocycles. The second kappa shape index (κ2) is 4.21. The molecule has 0 saturated carbocycles. The molecule has 0 bridgehead atoms. The molecule has 0 aliphatic heterocycles. The molecule has 0 unspecified atom stereocenters. The van der Waals surface area contributed by atoms with Crippen molar-refractivity contribution in [1.82, 2.24) is 10.1 Å². The summed E-state index contributed by atoms with van der Waals surface area (Å²) in [7, 11) is 1.35. The number of nitrogens with zero attached hydrogens (tertiary/aromatic N) is 2. The van der Waals surface area contributed by atoms with Crippen LogP contribution in [0, 0.1) is 0 Å². The first-order valence-corrected chi connectivity index (χ1v) is 4.70. The van der Waals surface area contributed by atoms with E-state index in [2.05, 4.69) is 14.7 Å². The van der Waals surface area contributed by atoms with Gasteiger partial charge < -0.3 is 14.4 Å². The number of methoxy groups -OCH3 is 1. The molecule has 0 fully saturated rings. The molecule has 8 heteroatoms. The highest BCUT2D eigenvalue weighted by atomic mass is 19.4. The van der Waals surface area contributed by atoms with Gasteiger partial charge >= 0.3 is 6.18 Å². The molecule has 96 valence electrons. The number of hydrogen-bond donors (Lipinski definition) is 1. The largest absolute Gasteiger partial charge is 0.504 e. The molecule has 2 rings (SSSR count). The molecule has 1 aromatic heterocycles. The summed E-state index contributed by atoms with van der Waals surface area (Å²) in [6, 6.07) is 3.95. The van der Waals surface area contributed by atoms with E-state index in [-0.39, 0.29) is 23.0 Å². The van der Waals surface area contributed by atoms with Crippen LogP contribution in [-0.4, -0.2) is 22.4 Å². The molecule has 0 aliphatic rings. The zero-order chi connectivity index (χ0) is 13.3. The number of alkyl halides is 3. The van der Waals surface area contributed by atoms with Gasteiger partial charge in [0.15, 0.2) is 11.5 Å². The number of phenols is 1. The Morgan fingerprint density at radius 2 is 2.06 bits per heavy atom. The Bertz CT molecular complexity index is 566. The zero-order valence-corrected chi connectivity index (χ0v) is 9.02. The van der Waals surface area contributed by atoms with E-state index < -0.39 is 12.0 Å². The third kappa shape index (κ3) is 2.22. The third-order valence-electron chi connectivity index (χ3n) is 2.11. The molecule has 5 nitrogen and oxygen atoms in total. The third-order valence-corrected chi connectivity index (χ3v) is 2.11. The van der Waals surface area contributed by atoms with Crippen molar-refractivity contribution in [3.8, 4) is 23.0 Å². The Labute approximate surface area is 98.8 Å². The highest BCUT2D eigenvalue weighted by Gasteiger charge is 2.37. The molecule has 0 spiro atoms. The Balaban J connectivity index is 2.38. The van der Waals surface area contributed by atoms with E-state index in [0.29, 0.717) is 0 Å². The molecule has 0 saturated heterocycles. The number of benzene rings is 1. The number of ether oxygens (including phenoxy) is 1. The number of rotatable bonds is 2. The zero-order valence-electron chi connectivity index (χ0n) is 9.02. The van der Waals surface area contributed by atoms with Crippen molar-refractivity contribution in [2.45, 2.75) is 6.18 Å². The van der Waals surface area contributed by atoms with Crippen molar-refractivity contribution >= 4 is 0 Å². The van der Waals surface area contributed by atoms with E-state index in [1.54, 1.807) is 0 Å². The van der Waals surface area contributed by atoms with Gasteiger partial charge in [-0.25, -0.2) is 0 Å². The lowest BCUT2D eigenvalue weighted by Gasteiger charge is -2.03. The monoisotopic (exact) mass is 260 g/mol. The Hall–Kier alpha value is -2.25. The first-order chi connectivity index (χ1) is 8.41. The minimum absolute atomic E-state index is 0.163. The summed E-state index contributed by atoms with van der Waals surface area (Å²) in [6.45, 7) is 0. The fourth-order valence-corrected chi connectivity index (χ4v) is 1.28. The lowest BCUT2D eigenvalue weighted by Crippen LogP contribution is -2.07. The molecule has 0 amide bonds. The lowest BCUT2D eigenvalue weighted by molar-refractivity contribution is -0.146. The summed E-state index contributed by atoms with van der Waals surface area (Å²) < 4.78 is 46.1. The van der Waals surface area contributed by atoms with E-state index in [9.17, 15) is 18.3 Å². The van der Waals surface area contributed by atoms with Gasteiger partial charge in [-0.05, 0) is 18.2 Å². The van der Waals surface area contributed by atoms with Crippen LogP contribution in [0.3, 0.4) is 0 Å². The van der Waals surface area contributed by atoms with Crippen LogP contribution in [0.5, 0.6) is 11.5 Å². The average Bonchev–Trinajstić information content (AvgIpc) is 2.77. The fourth-order valence-electron chi connectivity index (χ4n) is 1.28. The minimum atomic E-state index is -4.67. The van der Waals surface area contributed by atoms with Crippen molar-refractivity contribution < 1.29 is 27.5 Å². The lowest BCUT2D eigenvalue weighted by atomic mass is 10.2. The Morgan fingerprint density at radius 3 is 2.56 bits per heavy atom. The summed E-state index contributed by atoms with van der Waals surface area (Å²) in [6.07, 6.45) is -4.67. The first-order valence-electron chi connectivity index (χ1n) is 4.70. The van der Waals surface area contributed by atoms with Gasteiger partial charge in [0.05, 0.1) is 7.11 Å². The van der Waals surface area contributed by atoms with Crippen LogP contribution in [0.4, 0.5) is 13.2 Å². The van der Waals surface area contributed by atoms with Gasteiger partial charge in [0.2, 0.25) is 0 Å². The van der Waals surface area contributed by atoms with Gasteiger partial charge in [-0.2, -0.15) is 18.2 Å². The van der Waals surface area contributed by atoms with Gasteiger partial charge in [0.25, 0.3) is 11.7 Å². The Kier molecular flexibility index (Phi) is 2.85. The van der Waals surface area contributed by atoms with Gasteiger partial charge in [0, 0.05) is 5.56 Å². The van der Waals surface area contributed by atoms with Crippen LogP contribution < -0.4 is 4.74 Å². The summed E-state index contributed by atoms with van der Waals surface area (Å²) >= 11 is 0. The van der Waals surface area contributed by atoms with Crippen molar-refractivity contribution in [2.75, 3.05) is 7.11 Å². The molecule has 18 heavy (non-hydrogen) atoms. The van der Waals surface area contributed by atoms with Crippen molar-refractivity contribution in [1.29, 1.82) is 0 Å². The second-order valence-electron chi connectivity index (χ2n) is 3.31. The van der Waals surface area contributed by atoms with Gasteiger partial charge in [0.1, 0.15) is 0 Å². The number of halogens is 3. The van der Waals surface area contributed by atoms with Crippen LogP contribution in [0.15, 0.2) is 22.7 Å². The molecular weight excluding hydrogens is 253 g/mol. The highest BCUT2D eigenvalue weighted by molar-refractivity contribution is 5.59. The van der Waals surface area contributed by atoms with Crippen LogP contribution in [0.2, 0.25) is 0 Å². The van der Waals surface area contributed by atoms with E-state index in [4.69, 9.17) is 4.74 Å². The summed E-state index contributed by atoms with van der Waals surface area (Å²) in [5, 5.41) is 12.3. The standard InChI is InChI=1S/C10H7F3N2O3/c1-17-7-3-2-5(4-6(7)16)8-14-9(15-18-8)10(11,12)13/h2-4,16H,1H3. The van der Waals surface area contributed by atoms with Crippen molar-refractivity contribution in [2.24, 2.45) is 0 Å². The second-order valence-corrected chi connectivity index (χ2v) is 3.31. The maximum Gasteiger partial charge on any atom is 0.455 e. The summed E-state index contributed by atoms with van der Waals surface area (Å²) in [5.74, 6) is -1.75. The first kappa shape index (κ1) is 12.2. The molecule has 0 atom stereocenters. The predicted octanol–water partition coefficient (Wildman–Crippen LogP) is 2.47. The van der Waals surface area contributed by atoms with E-state index in [0.717, 1.165) is 0 Å². The van der Waals surface area contributed by atoms with Crippen LogP contribution in [0.25, 0.3) is 11.5 Å². The number of aromatic hydroxyl groups is 1. The molecule has 2 aromatic rings. The molecule has 1 heterocycles.